The lowest BCUT2D eigenvalue weighted by molar-refractivity contribution is -0.137. The summed E-state index contributed by atoms with van der Waals surface area (Å²) in [4.78, 5) is 18.5. The molecule has 5 rings (SSSR count). The molecule has 1 aromatic heterocycles. The van der Waals surface area contributed by atoms with E-state index in [1.807, 2.05) is 49.4 Å². The van der Waals surface area contributed by atoms with E-state index in [4.69, 9.17) is 0 Å². The number of hydrogen-bond acceptors (Lipinski definition) is 1. The molecule has 7 heteroatoms. The molecule has 3 aromatic carbocycles. The van der Waals surface area contributed by atoms with Crippen molar-refractivity contribution in [2.75, 3.05) is 11.9 Å². The van der Waals surface area contributed by atoms with Gasteiger partial charge in [-0.25, -0.2) is 4.79 Å². The fourth-order valence-electron chi connectivity index (χ4n) is 4.52. The number of halogens is 3. The number of amides is 2. The fraction of sp³-hybridized carbons (Fsp3) is 0.192. The molecule has 4 nitrogen and oxygen atoms in total. The van der Waals surface area contributed by atoms with Crippen molar-refractivity contribution in [3.63, 3.8) is 0 Å². The number of aromatic nitrogens is 1. The molecule has 0 radical (unpaired) electrons. The molecule has 0 bridgehead atoms. The third-order valence-corrected chi connectivity index (χ3v) is 6.13. The number of aromatic amines is 1. The quantitative estimate of drug-likeness (QED) is 0.353. The molecule has 1 atom stereocenters. The first-order valence-corrected chi connectivity index (χ1v) is 10.7. The van der Waals surface area contributed by atoms with E-state index in [1.165, 1.54) is 17.7 Å². The first kappa shape index (κ1) is 21.1. The summed E-state index contributed by atoms with van der Waals surface area (Å²) in [7, 11) is 0. The van der Waals surface area contributed by atoms with Crippen LogP contribution in [0.2, 0.25) is 0 Å². The van der Waals surface area contributed by atoms with Crippen LogP contribution in [0.1, 0.15) is 34.0 Å². The Morgan fingerprint density at radius 2 is 1.79 bits per heavy atom. The van der Waals surface area contributed by atoms with Gasteiger partial charge in [0.25, 0.3) is 0 Å². The summed E-state index contributed by atoms with van der Waals surface area (Å²) >= 11 is 0. The third-order valence-electron chi connectivity index (χ3n) is 6.13. The maximum atomic E-state index is 13.3. The van der Waals surface area contributed by atoms with Crippen molar-refractivity contribution < 1.29 is 18.0 Å². The summed E-state index contributed by atoms with van der Waals surface area (Å²) in [6, 6.07) is 19.9. The van der Waals surface area contributed by atoms with Gasteiger partial charge in [-0.1, -0.05) is 54.1 Å². The number of aryl methyl sites for hydroxylation is 1. The van der Waals surface area contributed by atoms with Gasteiger partial charge >= 0.3 is 12.2 Å². The number of nitrogens with one attached hydrogen (secondary N) is 2. The highest BCUT2D eigenvalue weighted by Gasteiger charge is 2.35. The number of anilines is 1. The molecule has 1 aliphatic heterocycles. The monoisotopic (exact) mass is 449 g/mol. The van der Waals surface area contributed by atoms with Gasteiger partial charge in [-0.3, -0.25) is 0 Å². The molecule has 4 aromatic rings. The predicted octanol–water partition coefficient (Wildman–Crippen LogP) is 6.67. The number of nitrogens with zero attached hydrogens (tertiary/aromatic N) is 1. The van der Waals surface area contributed by atoms with Gasteiger partial charge < -0.3 is 15.2 Å². The molecular formula is C26H22F3N3O. The zero-order valence-corrected chi connectivity index (χ0v) is 17.9. The summed E-state index contributed by atoms with van der Waals surface area (Å²) in [5.41, 5.74) is 4.45. The van der Waals surface area contributed by atoms with E-state index < -0.39 is 17.8 Å². The first-order chi connectivity index (χ1) is 15.8. The van der Waals surface area contributed by atoms with Crippen molar-refractivity contribution in [1.29, 1.82) is 0 Å². The summed E-state index contributed by atoms with van der Waals surface area (Å²) < 4.78 is 39.3. The van der Waals surface area contributed by atoms with Crippen molar-refractivity contribution in [3.8, 4) is 0 Å². The van der Waals surface area contributed by atoms with Crippen molar-refractivity contribution >= 4 is 22.6 Å². The van der Waals surface area contributed by atoms with Crippen molar-refractivity contribution in [1.82, 2.24) is 9.88 Å². The molecule has 0 aliphatic carbocycles. The lowest BCUT2D eigenvalue weighted by Gasteiger charge is -2.36. The van der Waals surface area contributed by atoms with Gasteiger partial charge in [0, 0.05) is 28.8 Å². The van der Waals surface area contributed by atoms with Gasteiger partial charge in [0.2, 0.25) is 0 Å². The summed E-state index contributed by atoms with van der Waals surface area (Å²) in [5.74, 6) is 0. The van der Waals surface area contributed by atoms with Crippen LogP contribution in [0.4, 0.5) is 23.7 Å². The van der Waals surface area contributed by atoms with Crippen LogP contribution in [-0.4, -0.2) is 22.5 Å². The van der Waals surface area contributed by atoms with E-state index >= 15 is 0 Å². The second-order valence-corrected chi connectivity index (χ2v) is 8.33. The zero-order chi connectivity index (χ0) is 23.2. The highest BCUT2D eigenvalue weighted by molar-refractivity contribution is 5.91. The number of fused-ring (bicyclic) bond motifs is 3. The van der Waals surface area contributed by atoms with Crippen LogP contribution in [0.25, 0.3) is 10.9 Å². The van der Waals surface area contributed by atoms with Crippen molar-refractivity contribution in [2.24, 2.45) is 0 Å². The molecule has 0 unspecified atom stereocenters. The molecule has 168 valence electrons. The summed E-state index contributed by atoms with van der Waals surface area (Å²) in [6.07, 6.45) is -3.83. The largest absolute Gasteiger partial charge is 0.416 e. The predicted molar refractivity (Wildman–Crippen MR) is 122 cm³/mol. The van der Waals surface area contributed by atoms with Crippen LogP contribution < -0.4 is 5.32 Å². The summed E-state index contributed by atoms with van der Waals surface area (Å²) in [6.45, 7) is 2.44. The van der Waals surface area contributed by atoms with E-state index in [2.05, 4.69) is 16.4 Å². The minimum absolute atomic E-state index is 0.111. The number of rotatable bonds is 2. The van der Waals surface area contributed by atoms with Crippen molar-refractivity contribution in [2.45, 2.75) is 25.6 Å². The Balaban J connectivity index is 1.53. The SMILES string of the molecule is Cc1ccc([C@H]2c3[nH]c4ccccc4c3CCN2C(=O)Nc2cccc(C(F)(F)F)c2)cc1. The Morgan fingerprint density at radius 1 is 1.03 bits per heavy atom. The Morgan fingerprint density at radius 3 is 2.55 bits per heavy atom. The van der Waals surface area contributed by atoms with E-state index in [0.717, 1.165) is 39.9 Å². The Bertz CT molecular complexity index is 1320. The number of urea groups is 1. The maximum absolute atomic E-state index is 13.3. The highest BCUT2D eigenvalue weighted by Crippen LogP contribution is 2.39. The van der Waals surface area contributed by atoms with E-state index in [0.29, 0.717) is 13.0 Å². The minimum atomic E-state index is -4.48. The molecule has 33 heavy (non-hydrogen) atoms. The van der Waals surface area contributed by atoms with Crippen LogP contribution in [0, 0.1) is 6.92 Å². The Labute approximate surface area is 189 Å². The molecular weight excluding hydrogens is 427 g/mol. The lowest BCUT2D eigenvalue weighted by Crippen LogP contribution is -2.43. The number of alkyl halides is 3. The number of carbonyl (C=O) groups excluding carboxylic acids is 1. The van der Waals surface area contributed by atoms with Crippen LogP contribution in [0.5, 0.6) is 0 Å². The maximum Gasteiger partial charge on any atom is 0.416 e. The molecule has 0 saturated heterocycles. The second kappa shape index (κ2) is 7.99. The van der Waals surface area contributed by atoms with E-state index in [-0.39, 0.29) is 11.7 Å². The standard InChI is InChI=1S/C26H22F3N3O/c1-16-9-11-17(12-10-16)24-23-21(20-7-2-3-8-22(20)31-23)13-14-32(24)25(33)30-19-6-4-5-18(15-19)26(27,28)29/h2-12,15,24,31H,13-14H2,1H3,(H,30,33)/t24-/m0/s1. The number of hydrogen-bond donors (Lipinski definition) is 2. The van der Waals surface area contributed by atoms with Crippen LogP contribution in [0.3, 0.4) is 0 Å². The molecule has 0 spiro atoms. The first-order valence-electron chi connectivity index (χ1n) is 10.7. The molecule has 2 N–H and O–H groups in total. The zero-order valence-electron chi connectivity index (χ0n) is 17.9. The fourth-order valence-corrected chi connectivity index (χ4v) is 4.52. The normalized spacial score (nSPS) is 16.0. The van der Waals surface area contributed by atoms with Crippen LogP contribution in [-0.2, 0) is 12.6 Å². The van der Waals surface area contributed by atoms with E-state index in [1.54, 1.807) is 4.90 Å². The molecule has 2 heterocycles. The summed E-state index contributed by atoms with van der Waals surface area (Å²) in [5, 5.41) is 3.80. The average Bonchev–Trinajstić information content (AvgIpc) is 3.17. The Hall–Kier alpha value is -3.74. The van der Waals surface area contributed by atoms with Crippen molar-refractivity contribution in [3.05, 3.63) is 101 Å². The van der Waals surface area contributed by atoms with Crippen LogP contribution in [0.15, 0.2) is 72.8 Å². The van der Waals surface area contributed by atoms with Gasteiger partial charge in [0.15, 0.2) is 0 Å². The molecule has 2 amide bonds. The average molecular weight is 449 g/mol. The van der Waals surface area contributed by atoms with Gasteiger partial charge in [-0.05, 0) is 48.7 Å². The van der Waals surface area contributed by atoms with Gasteiger partial charge in [-0.2, -0.15) is 13.2 Å². The van der Waals surface area contributed by atoms with Crippen LogP contribution >= 0.6 is 0 Å². The number of benzene rings is 3. The number of H-pyrrole nitrogens is 1. The van der Waals surface area contributed by atoms with Gasteiger partial charge in [0.05, 0.1) is 11.6 Å². The van der Waals surface area contributed by atoms with Gasteiger partial charge in [-0.15, -0.1) is 0 Å². The second-order valence-electron chi connectivity index (χ2n) is 8.33. The number of carbonyl (C=O) groups is 1. The molecule has 0 fully saturated rings. The van der Waals surface area contributed by atoms with E-state index in [9.17, 15) is 18.0 Å². The Kier molecular flexibility index (Phi) is 5.12. The lowest BCUT2D eigenvalue weighted by atomic mass is 9.92. The minimum Gasteiger partial charge on any atom is -0.356 e. The number of para-hydroxylation sites is 1. The third kappa shape index (κ3) is 3.95. The highest BCUT2D eigenvalue weighted by atomic mass is 19.4. The smallest absolute Gasteiger partial charge is 0.356 e. The topological polar surface area (TPSA) is 48.1 Å². The van der Waals surface area contributed by atoms with Gasteiger partial charge in [0.1, 0.15) is 0 Å². The molecule has 0 saturated carbocycles. The molecule has 1 aliphatic rings.